The van der Waals surface area contributed by atoms with Crippen LogP contribution in [0, 0.1) is 11.6 Å². The summed E-state index contributed by atoms with van der Waals surface area (Å²) in [7, 11) is 0. The highest BCUT2D eigenvalue weighted by Gasteiger charge is 2.15. The third-order valence-corrected chi connectivity index (χ3v) is 3.72. The Morgan fingerprint density at radius 3 is 2.52 bits per heavy atom. The van der Waals surface area contributed by atoms with Crippen LogP contribution in [0.3, 0.4) is 0 Å². The van der Waals surface area contributed by atoms with Gasteiger partial charge in [-0.15, -0.1) is 0 Å². The molecule has 1 atom stereocenters. The highest BCUT2D eigenvalue weighted by Crippen LogP contribution is 2.22. The quantitative estimate of drug-likeness (QED) is 0.735. The molecule has 2 N–H and O–H groups in total. The summed E-state index contributed by atoms with van der Waals surface area (Å²) in [5.74, 6) is -1.04. The van der Waals surface area contributed by atoms with Gasteiger partial charge in [0.25, 0.3) is 0 Å². The first kappa shape index (κ1) is 13.8. The molecule has 0 aliphatic heterocycles. The van der Waals surface area contributed by atoms with E-state index >= 15 is 0 Å². The minimum atomic E-state index is -0.519. The Kier molecular flexibility index (Phi) is 3.71. The minimum Gasteiger partial charge on any atom is -0.361 e. The molecule has 0 radical (unpaired) electrons. The van der Waals surface area contributed by atoms with Crippen LogP contribution in [-0.4, -0.2) is 4.98 Å². The van der Waals surface area contributed by atoms with Gasteiger partial charge in [-0.05, 0) is 36.8 Å². The van der Waals surface area contributed by atoms with Gasteiger partial charge < -0.3 is 10.3 Å². The lowest BCUT2D eigenvalue weighted by molar-refractivity contribution is 0.488. The summed E-state index contributed by atoms with van der Waals surface area (Å²) in [4.78, 5) is 3.15. The lowest BCUT2D eigenvalue weighted by Gasteiger charge is -2.16. The van der Waals surface area contributed by atoms with Crippen LogP contribution in [0.15, 0.2) is 48.7 Å². The molecule has 2 aromatic carbocycles. The average molecular weight is 286 g/mol. The molecule has 4 heteroatoms. The van der Waals surface area contributed by atoms with E-state index in [1.807, 2.05) is 30.5 Å². The van der Waals surface area contributed by atoms with Crippen molar-refractivity contribution in [1.82, 2.24) is 10.3 Å². The first-order chi connectivity index (χ1) is 10.2. The van der Waals surface area contributed by atoms with Gasteiger partial charge in [-0.3, -0.25) is 0 Å². The first-order valence-electron chi connectivity index (χ1n) is 6.89. The molecule has 21 heavy (non-hydrogen) atoms. The summed E-state index contributed by atoms with van der Waals surface area (Å²) in [5.41, 5.74) is 2.23. The summed E-state index contributed by atoms with van der Waals surface area (Å²) < 4.78 is 27.5. The van der Waals surface area contributed by atoms with E-state index in [0.29, 0.717) is 6.54 Å². The van der Waals surface area contributed by atoms with Gasteiger partial charge in [0, 0.05) is 35.2 Å². The fraction of sp³-hybridized carbons (Fsp3) is 0.176. The molecular weight excluding hydrogens is 270 g/mol. The van der Waals surface area contributed by atoms with Crippen molar-refractivity contribution in [2.24, 2.45) is 0 Å². The van der Waals surface area contributed by atoms with E-state index in [2.05, 4.69) is 10.3 Å². The van der Waals surface area contributed by atoms with Crippen LogP contribution < -0.4 is 5.32 Å². The molecular formula is C17H16F2N2. The lowest BCUT2D eigenvalue weighted by Crippen LogP contribution is -2.20. The van der Waals surface area contributed by atoms with E-state index in [9.17, 15) is 8.78 Å². The molecule has 3 rings (SSSR count). The second kappa shape index (κ2) is 5.66. The fourth-order valence-electron chi connectivity index (χ4n) is 2.59. The van der Waals surface area contributed by atoms with Crippen LogP contribution >= 0.6 is 0 Å². The largest absolute Gasteiger partial charge is 0.361 e. The van der Waals surface area contributed by atoms with Crippen LogP contribution in [0.1, 0.15) is 24.1 Å². The molecule has 1 heterocycles. The van der Waals surface area contributed by atoms with Gasteiger partial charge >= 0.3 is 0 Å². The SMILES string of the molecule is CC(NCc1cccc2[nH]ccc12)c1c(F)cccc1F. The predicted molar refractivity (Wildman–Crippen MR) is 79.9 cm³/mol. The summed E-state index contributed by atoms with van der Waals surface area (Å²) in [6.07, 6.45) is 1.88. The first-order valence-corrected chi connectivity index (χ1v) is 6.89. The van der Waals surface area contributed by atoms with Crippen molar-refractivity contribution in [1.29, 1.82) is 0 Å². The second-order valence-electron chi connectivity index (χ2n) is 5.09. The number of hydrogen-bond donors (Lipinski definition) is 2. The molecule has 108 valence electrons. The minimum absolute atomic E-state index is 0.0822. The number of rotatable bonds is 4. The van der Waals surface area contributed by atoms with Gasteiger partial charge in [0.15, 0.2) is 0 Å². The topological polar surface area (TPSA) is 27.8 Å². The highest BCUT2D eigenvalue weighted by molar-refractivity contribution is 5.82. The van der Waals surface area contributed by atoms with Crippen molar-refractivity contribution in [2.45, 2.75) is 19.5 Å². The summed E-state index contributed by atoms with van der Waals surface area (Å²) in [5, 5.41) is 4.30. The number of hydrogen-bond acceptors (Lipinski definition) is 1. The van der Waals surface area contributed by atoms with E-state index in [1.165, 1.54) is 18.2 Å². The number of benzene rings is 2. The van der Waals surface area contributed by atoms with E-state index < -0.39 is 17.7 Å². The number of fused-ring (bicyclic) bond motifs is 1. The molecule has 0 saturated heterocycles. The van der Waals surface area contributed by atoms with E-state index in [-0.39, 0.29) is 5.56 Å². The van der Waals surface area contributed by atoms with Crippen molar-refractivity contribution < 1.29 is 8.78 Å². The number of halogens is 2. The van der Waals surface area contributed by atoms with Gasteiger partial charge in [-0.1, -0.05) is 18.2 Å². The number of H-pyrrole nitrogens is 1. The smallest absolute Gasteiger partial charge is 0.130 e. The summed E-state index contributed by atoms with van der Waals surface area (Å²) in [6.45, 7) is 2.31. The maximum atomic E-state index is 13.7. The third-order valence-electron chi connectivity index (χ3n) is 3.72. The lowest BCUT2D eigenvalue weighted by atomic mass is 10.1. The maximum absolute atomic E-state index is 13.7. The molecule has 0 aliphatic rings. The van der Waals surface area contributed by atoms with Crippen LogP contribution in [0.5, 0.6) is 0 Å². The molecule has 0 spiro atoms. The van der Waals surface area contributed by atoms with Crippen LogP contribution in [0.25, 0.3) is 10.9 Å². The normalized spacial score (nSPS) is 12.7. The van der Waals surface area contributed by atoms with Crippen molar-refractivity contribution >= 4 is 10.9 Å². The zero-order valence-corrected chi connectivity index (χ0v) is 11.7. The Morgan fingerprint density at radius 1 is 1.05 bits per heavy atom. The molecule has 0 bridgehead atoms. The maximum Gasteiger partial charge on any atom is 0.130 e. The molecule has 0 amide bonds. The fourth-order valence-corrected chi connectivity index (χ4v) is 2.59. The van der Waals surface area contributed by atoms with Crippen molar-refractivity contribution in [3.63, 3.8) is 0 Å². The van der Waals surface area contributed by atoms with Crippen molar-refractivity contribution in [3.8, 4) is 0 Å². The Bertz CT molecular complexity index is 744. The molecule has 0 fully saturated rings. The monoisotopic (exact) mass is 286 g/mol. The van der Waals surface area contributed by atoms with Crippen LogP contribution in [0.4, 0.5) is 8.78 Å². The summed E-state index contributed by atoms with van der Waals surface area (Å²) in [6, 6.07) is 11.5. The zero-order valence-electron chi connectivity index (χ0n) is 11.7. The Morgan fingerprint density at radius 2 is 1.76 bits per heavy atom. The predicted octanol–water partition coefficient (Wildman–Crippen LogP) is 4.30. The highest BCUT2D eigenvalue weighted by atomic mass is 19.1. The van der Waals surface area contributed by atoms with E-state index in [4.69, 9.17) is 0 Å². The zero-order chi connectivity index (χ0) is 14.8. The Labute approximate surface area is 121 Å². The Balaban J connectivity index is 1.80. The van der Waals surface area contributed by atoms with Gasteiger partial charge in [0.05, 0.1) is 0 Å². The van der Waals surface area contributed by atoms with Gasteiger partial charge in [-0.25, -0.2) is 8.78 Å². The second-order valence-corrected chi connectivity index (χ2v) is 5.09. The van der Waals surface area contributed by atoms with Crippen molar-refractivity contribution in [2.75, 3.05) is 0 Å². The van der Waals surface area contributed by atoms with E-state index in [0.717, 1.165) is 16.5 Å². The van der Waals surface area contributed by atoms with Gasteiger partial charge in [0.1, 0.15) is 11.6 Å². The molecule has 0 saturated carbocycles. The molecule has 0 aliphatic carbocycles. The van der Waals surface area contributed by atoms with E-state index in [1.54, 1.807) is 6.92 Å². The molecule has 2 nitrogen and oxygen atoms in total. The molecule has 1 aromatic heterocycles. The van der Waals surface area contributed by atoms with Crippen molar-refractivity contribution in [3.05, 3.63) is 71.4 Å². The number of aromatic nitrogens is 1. The van der Waals surface area contributed by atoms with Crippen LogP contribution in [0.2, 0.25) is 0 Å². The Hall–Kier alpha value is -2.20. The van der Waals surface area contributed by atoms with Gasteiger partial charge in [0.2, 0.25) is 0 Å². The molecule has 3 aromatic rings. The number of aromatic amines is 1. The molecule has 1 unspecified atom stereocenters. The summed E-state index contributed by atoms with van der Waals surface area (Å²) >= 11 is 0. The number of nitrogens with one attached hydrogen (secondary N) is 2. The van der Waals surface area contributed by atoms with Crippen LogP contribution in [-0.2, 0) is 6.54 Å². The van der Waals surface area contributed by atoms with Gasteiger partial charge in [-0.2, -0.15) is 0 Å². The standard InChI is InChI=1S/C17H16F2N2/c1-11(17-14(18)5-3-6-15(17)19)21-10-12-4-2-7-16-13(12)8-9-20-16/h2-9,11,20-21H,10H2,1H3. The third kappa shape index (κ3) is 2.67. The average Bonchev–Trinajstić information content (AvgIpc) is 2.93.